The fraction of sp³-hybridized carbons (Fsp3) is 0.500. The minimum absolute atomic E-state index is 0.130. The lowest BCUT2D eigenvalue weighted by Gasteiger charge is -2.43. The minimum atomic E-state index is -0.390. The summed E-state index contributed by atoms with van der Waals surface area (Å²) in [6.07, 6.45) is 5.56. The Morgan fingerprint density at radius 3 is 2.77 bits per heavy atom. The summed E-state index contributed by atoms with van der Waals surface area (Å²) in [5, 5.41) is 12.5. The van der Waals surface area contributed by atoms with Crippen molar-refractivity contribution in [1.82, 2.24) is 14.0 Å². The van der Waals surface area contributed by atoms with Crippen molar-refractivity contribution in [2.45, 2.75) is 57.2 Å². The Hall–Kier alpha value is -2.37. The van der Waals surface area contributed by atoms with Gasteiger partial charge in [-0.05, 0) is 55.7 Å². The van der Waals surface area contributed by atoms with Crippen molar-refractivity contribution in [3.8, 4) is 0 Å². The van der Waals surface area contributed by atoms with E-state index in [4.69, 9.17) is 0 Å². The molecule has 5 nitrogen and oxygen atoms in total. The van der Waals surface area contributed by atoms with Crippen LogP contribution in [0.25, 0.3) is 10.9 Å². The van der Waals surface area contributed by atoms with Crippen molar-refractivity contribution in [1.29, 1.82) is 0 Å². The molecule has 6 rings (SSSR count). The lowest BCUT2D eigenvalue weighted by Crippen LogP contribution is -2.49. The predicted octanol–water partition coefficient (Wildman–Crippen LogP) is 3.16. The molecule has 0 radical (unpaired) electrons. The van der Waals surface area contributed by atoms with Crippen molar-refractivity contribution in [3.63, 3.8) is 0 Å². The van der Waals surface area contributed by atoms with Crippen LogP contribution in [0.5, 0.6) is 0 Å². The monoisotopic (exact) mass is 417 g/mol. The summed E-state index contributed by atoms with van der Waals surface area (Å²) < 4.78 is 4.37. The number of aromatic nitrogens is 2. The van der Waals surface area contributed by atoms with Crippen LogP contribution in [0.3, 0.4) is 0 Å². The molecule has 3 aromatic rings. The first-order chi connectivity index (χ1) is 15.2. The van der Waals surface area contributed by atoms with Crippen molar-refractivity contribution in [2.75, 3.05) is 19.6 Å². The fourth-order valence-electron chi connectivity index (χ4n) is 6.51. The summed E-state index contributed by atoms with van der Waals surface area (Å²) in [7, 11) is 0. The number of piperidine rings is 1. The standard InChI is InChI=1S/C26H31N3O2/c30-20(17-28-24-8-3-1-6-21(24)22-7-2-4-9-25(22)28)16-27-13-18-12-19(15-27)23-10-5-11-26(31)29(23)14-18/h1,3,5-6,8,10-11,18-20,30H,2,4,7,9,12-17H2/t18-,19+,20-/m0/s1. The van der Waals surface area contributed by atoms with Gasteiger partial charge in [-0.3, -0.25) is 9.69 Å². The van der Waals surface area contributed by atoms with E-state index in [0.29, 0.717) is 24.9 Å². The number of para-hydroxylation sites is 1. The van der Waals surface area contributed by atoms with Crippen LogP contribution >= 0.6 is 0 Å². The number of pyridine rings is 1. The van der Waals surface area contributed by atoms with Gasteiger partial charge in [0.2, 0.25) is 0 Å². The Kier molecular flexibility index (Phi) is 4.77. The van der Waals surface area contributed by atoms with Gasteiger partial charge in [0.1, 0.15) is 0 Å². The van der Waals surface area contributed by atoms with Crippen LogP contribution in [-0.2, 0) is 25.9 Å². The number of nitrogens with zero attached hydrogens (tertiary/aromatic N) is 3. The third kappa shape index (κ3) is 3.35. The topological polar surface area (TPSA) is 50.4 Å². The molecule has 0 unspecified atom stereocenters. The van der Waals surface area contributed by atoms with E-state index in [-0.39, 0.29) is 5.56 Å². The Bertz CT molecular complexity index is 1180. The molecule has 1 fully saturated rings. The molecule has 4 heterocycles. The molecule has 0 saturated carbocycles. The highest BCUT2D eigenvalue weighted by atomic mass is 16.3. The van der Waals surface area contributed by atoms with E-state index < -0.39 is 6.10 Å². The maximum Gasteiger partial charge on any atom is 0.250 e. The minimum Gasteiger partial charge on any atom is -0.390 e. The molecule has 5 heteroatoms. The molecule has 0 spiro atoms. The van der Waals surface area contributed by atoms with Crippen LogP contribution in [0.1, 0.15) is 42.1 Å². The smallest absolute Gasteiger partial charge is 0.250 e. The molecule has 0 amide bonds. The van der Waals surface area contributed by atoms with Crippen LogP contribution in [0.2, 0.25) is 0 Å². The number of aliphatic hydroxyl groups excluding tert-OH is 1. The number of likely N-dealkylation sites (tertiary alicyclic amines) is 1. The predicted molar refractivity (Wildman–Crippen MR) is 123 cm³/mol. The fourth-order valence-corrected chi connectivity index (χ4v) is 6.51. The molecule has 162 valence electrons. The SMILES string of the molecule is O=c1cccc2n1C[C@H]1C[C@@H]2CN(C[C@H](O)Cn2c3c(c4ccccc42)CCCC3)C1. The zero-order valence-corrected chi connectivity index (χ0v) is 18.0. The number of β-amino-alcohol motifs (C(OH)–C–C–N with tert-alkyl or cyclic N) is 1. The molecule has 2 bridgehead atoms. The van der Waals surface area contributed by atoms with Crippen LogP contribution in [0.4, 0.5) is 0 Å². The average molecular weight is 418 g/mol. The van der Waals surface area contributed by atoms with Gasteiger partial charge >= 0.3 is 0 Å². The van der Waals surface area contributed by atoms with Gasteiger partial charge in [-0.2, -0.15) is 0 Å². The molecule has 31 heavy (non-hydrogen) atoms. The average Bonchev–Trinajstić information content (AvgIpc) is 3.08. The zero-order chi connectivity index (χ0) is 20.9. The molecule has 1 N–H and O–H groups in total. The van der Waals surface area contributed by atoms with Gasteiger partial charge in [0, 0.05) is 60.5 Å². The highest BCUT2D eigenvalue weighted by Gasteiger charge is 2.35. The Balaban J connectivity index is 1.21. The van der Waals surface area contributed by atoms with E-state index >= 15 is 0 Å². The first-order valence-corrected chi connectivity index (χ1v) is 11.9. The zero-order valence-electron chi connectivity index (χ0n) is 18.0. The molecule has 3 aliphatic rings. The van der Waals surface area contributed by atoms with Crippen molar-refractivity contribution in [3.05, 3.63) is 69.8 Å². The van der Waals surface area contributed by atoms with Crippen molar-refractivity contribution >= 4 is 10.9 Å². The molecule has 3 atom stereocenters. The van der Waals surface area contributed by atoms with E-state index in [2.05, 4.69) is 39.8 Å². The number of hydrogen-bond acceptors (Lipinski definition) is 3. The van der Waals surface area contributed by atoms with Gasteiger partial charge < -0.3 is 14.2 Å². The first-order valence-electron chi connectivity index (χ1n) is 11.9. The third-order valence-electron chi connectivity index (χ3n) is 7.70. The molecule has 2 aliphatic heterocycles. The second-order valence-corrected chi connectivity index (χ2v) is 9.83. The highest BCUT2D eigenvalue weighted by Crippen LogP contribution is 2.35. The van der Waals surface area contributed by atoms with Gasteiger partial charge in [0.05, 0.1) is 12.6 Å². The molecular weight excluding hydrogens is 386 g/mol. The van der Waals surface area contributed by atoms with Gasteiger partial charge in [0.15, 0.2) is 0 Å². The third-order valence-corrected chi connectivity index (χ3v) is 7.70. The number of fused-ring (bicyclic) bond motifs is 7. The van der Waals surface area contributed by atoms with Gasteiger partial charge in [-0.25, -0.2) is 0 Å². The quantitative estimate of drug-likeness (QED) is 0.710. The number of hydrogen-bond donors (Lipinski definition) is 1. The summed E-state index contributed by atoms with van der Waals surface area (Å²) in [6.45, 7) is 4.08. The van der Waals surface area contributed by atoms with E-state index in [1.807, 2.05) is 10.6 Å². The lowest BCUT2D eigenvalue weighted by atomic mass is 9.83. The van der Waals surface area contributed by atoms with Crippen LogP contribution < -0.4 is 5.56 Å². The first kappa shape index (κ1) is 19.3. The molecule has 1 saturated heterocycles. The second-order valence-electron chi connectivity index (χ2n) is 9.83. The second kappa shape index (κ2) is 7.64. The molecule has 1 aliphatic carbocycles. The summed E-state index contributed by atoms with van der Waals surface area (Å²) in [5.41, 5.74) is 5.52. The Labute approximate surface area is 182 Å². The number of benzene rings is 1. The van der Waals surface area contributed by atoms with Gasteiger partial charge in [0.25, 0.3) is 5.56 Å². The Morgan fingerprint density at radius 1 is 0.968 bits per heavy atom. The van der Waals surface area contributed by atoms with Crippen molar-refractivity contribution in [2.24, 2.45) is 5.92 Å². The lowest BCUT2D eigenvalue weighted by molar-refractivity contribution is 0.0549. The van der Waals surface area contributed by atoms with E-state index in [1.165, 1.54) is 40.7 Å². The number of aryl methyl sites for hydroxylation is 1. The Morgan fingerprint density at radius 2 is 1.84 bits per heavy atom. The largest absolute Gasteiger partial charge is 0.390 e. The molecule has 2 aromatic heterocycles. The summed E-state index contributed by atoms with van der Waals surface area (Å²) in [6, 6.07) is 14.4. The van der Waals surface area contributed by atoms with E-state index in [9.17, 15) is 9.90 Å². The van der Waals surface area contributed by atoms with Crippen molar-refractivity contribution < 1.29 is 5.11 Å². The normalized spacial score (nSPS) is 24.0. The maximum atomic E-state index is 12.3. The summed E-state index contributed by atoms with van der Waals surface area (Å²) >= 11 is 0. The van der Waals surface area contributed by atoms with Crippen LogP contribution in [0, 0.1) is 5.92 Å². The maximum absolute atomic E-state index is 12.3. The van der Waals surface area contributed by atoms with E-state index in [0.717, 1.165) is 38.9 Å². The van der Waals surface area contributed by atoms with E-state index in [1.54, 1.807) is 6.07 Å². The highest BCUT2D eigenvalue weighted by molar-refractivity contribution is 5.85. The van der Waals surface area contributed by atoms with Gasteiger partial charge in [-0.1, -0.05) is 24.3 Å². The van der Waals surface area contributed by atoms with Crippen LogP contribution in [-0.4, -0.2) is 44.9 Å². The summed E-state index contributed by atoms with van der Waals surface area (Å²) in [4.78, 5) is 14.7. The molecule has 1 aromatic carbocycles. The number of aliphatic hydroxyl groups is 1. The van der Waals surface area contributed by atoms with Gasteiger partial charge in [-0.15, -0.1) is 0 Å². The molecular formula is C26H31N3O2. The number of rotatable bonds is 4. The summed E-state index contributed by atoms with van der Waals surface area (Å²) in [5.74, 6) is 0.896. The van der Waals surface area contributed by atoms with Crippen LogP contribution in [0.15, 0.2) is 47.3 Å².